The zero-order valence-electron chi connectivity index (χ0n) is 21.0. The van der Waals surface area contributed by atoms with Crippen LogP contribution in [0.15, 0.2) is 36.7 Å². The van der Waals surface area contributed by atoms with Gasteiger partial charge in [0, 0.05) is 26.2 Å². The average molecular weight is 476 g/mol. The van der Waals surface area contributed by atoms with Crippen molar-refractivity contribution >= 4 is 12.2 Å². The van der Waals surface area contributed by atoms with Crippen LogP contribution in [-0.4, -0.2) is 89.2 Å². The Hall–Kier alpha value is -2.64. The molecule has 7 nitrogen and oxygen atoms in total. The first-order chi connectivity index (χ1) is 17.0. The number of likely N-dealkylation sites (tertiary alicyclic amines) is 3. The van der Waals surface area contributed by atoms with E-state index in [9.17, 15) is 9.59 Å². The summed E-state index contributed by atoms with van der Waals surface area (Å²) >= 11 is 0. The van der Waals surface area contributed by atoms with E-state index in [0.717, 1.165) is 82.7 Å². The number of nitrogens with zero attached hydrogens (tertiary/aromatic N) is 5. The van der Waals surface area contributed by atoms with Crippen LogP contribution in [0.3, 0.4) is 0 Å². The zero-order valence-corrected chi connectivity index (χ0v) is 21.0. The highest BCUT2D eigenvalue weighted by Crippen LogP contribution is 2.40. The number of aromatic nitrogens is 2. The van der Waals surface area contributed by atoms with E-state index in [2.05, 4.69) is 50.1 Å². The largest absolute Gasteiger partial charge is 0.338 e. The molecular weight excluding hydrogens is 438 g/mol. The third-order valence-corrected chi connectivity index (χ3v) is 8.73. The lowest BCUT2D eigenvalue weighted by atomic mass is 9.70. The first kappa shape index (κ1) is 24.1. The van der Waals surface area contributed by atoms with Crippen molar-refractivity contribution in [2.24, 2.45) is 11.8 Å². The molecule has 0 aliphatic carbocycles. The van der Waals surface area contributed by atoms with Gasteiger partial charge in [0.1, 0.15) is 12.6 Å². The third kappa shape index (κ3) is 4.89. The molecule has 35 heavy (non-hydrogen) atoms. The van der Waals surface area contributed by atoms with Gasteiger partial charge in [0.15, 0.2) is 0 Å². The number of aryl methyl sites for hydroxylation is 2. The molecular formula is C28H37N5O2. The van der Waals surface area contributed by atoms with Gasteiger partial charge in [0.05, 0.1) is 23.5 Å². The molecule has 5 rings (SSSR count). The molecule has 1 amide bonds. The van der Waals surface area contributed by atoms with Crippen molar-refractivity contribution in [1.29, 1.82) is 0 Å². The van der Waals surface area contributed by atoms with E-state index in [1.165, 1.54) is 11.9 Å². The molecule has 0 bridgehead atoms. The van der Waals surface area contributed by atoms with Crippen LogP contribution in [0.25, 0.3) is 0 Å². The van der Waals surface area contributed by atoms with Gasteiger partial charge in [-0.1, -0.05) is 30.3 Å². The molecule has 1 aromatic heterocycles. The lowest BCUT2D eigenvalue weighted by Crippen LogP contribution is -2.45. The van der Waals surface area contributed by atoms with Crippen molar-refractivity contribution in [1.82, 2.24) is 24.7 Å². The second-order valence-corrected chi connectivity index (χ2v) is 10.8. The van der Waals surface area contributed by atoms with Crippen molar-refractivity contribution in [3.63, 3.8) is 0 Å². The van der Waals surface area contributed by atoms with Crippen LogP contribution < -0.4 is 0 Å². The van der Waals surface area contributed by atoms with Gasteiger partial charge in [0.25, 0.3) is 5.91 Å². The number of benzene rings is 1. The van der Waals surface area contributed by atoms with Gasteiger partial charge >= 0.3 is 0 Å². The summed E-state index contributed by atoms with van der Waals surface area (Å²) in [4.78, 5) is 39.6. The van der Waals surface area contributed by atoms with Gasteiger partial charge in [-0.2, -0.15) is 0 Å². The summed E-state index contributed by atoms with van der Waals surface area (Å²) in [5.41, 5.74) is 3.84. The molecule has 3 saturated heterocycles. The Kier molecular flexibility index (Phi) is 6.98. The minimum absolute atomic E-state index is 0.0895. The Morgan fingerprint density at radius 3 is 2.20 bits per heavy atom. The number of aldehydes is 1. The molecule has 4 heterocycles. The summed E-state index contributed by atoms with van der Waals surface area (Å²) in [5.74, 6) is 1.18. The third-order valence-electron chi connectivity index (χ3n) is 8.73. The summed E-state index contributed by atoms with van der Waals surface area (Å²) in [6.07, 6.45) is 5.91. The van der Waals surface area contributed by atoms with E-state index in [1.54, 1.807) is 0 Å². The van der Waals surface area contributed by atoms with E-state index in [-0.39, 0.29) is 11.3 Å². The van der Waals surface area contributed by atoms with Gasteiger partial charge in [0.2, 0.25) is 0 Å². The fourth-order valence-electron chi connectivity index (χ4n) is 6.62. The average Bonchev–Trinajstić information content (AvgIpc) is 3.44. The molecule has 0 saturated carbocycles. The second-order valence-electron chi connectivity index (χ2n) is 10.8. The number of rotatable bonds is 7. The van der Waals surface area contributed by atoms with Crippen LogP contribution in [0.2, 0.25) is 0 Å². The van der Waals surface area contributed by atoms with Gasteiger partial charge in [-0.25, -0.2) is 9.97 Å². The first-order valence-corrected chi connectivity index (χ1v) is 13.0. The number of hydrogen-bond acceptors (Lipinski definition) is 6. The fraction of sp³-hybridized carbons (Fsp3) is 0.571. The van der Waals surface area contributed by atoms with Crippen molar-refractivity contribution in [3.05, 3.63) is 59.2 Å². The highest BCUT2D eigenvalue weighted by molar-refractivity contribution is 5.96. The van der Waals surface area contributed by atoms with Crippen LogP contribution in [0.5, 0.6) is 0 Å². The van der Waals surface area contributed by atoms with Crippen molar-refractivity contribution in [2.75, 3.05) is 52.4 Å². The van der Waals surface area contributed by atoms with Crippen LogP contribution in [0.1, 0.15) is 46.6 Å². The highest BCUT2D eigenvalue weighted by Gasteiger charge is 2.43. The summed E-state index contributed by atoms with van der Waals surface area (Å²) in [7, 11) is 0. The minimum atomic E-state index is 0.0895. The quantitative estimate of drug-likeness (QED) is 0.574. The number of carbonyl (C=O) groups excluding carboxylic acids is 2. The molecule has 2 aromatic rings. The summed E-state index contributed by atoms with van der Waals surface area (Å²) in [6, 6.07) is 11.0. The zero-order chi connectivity index (χ0) is 24.4. The monoisotopic (exact) mass is 475 g/mol. The number of amides is 1. The Labute approximate surface area is 208 Å². The van der Waals surface area contributed by atoms with Gasteiger partial charge in [-0.05, 0) is 75.6 Å². The fourth-order valence-corrected chi connectivity index (χ4v) is 6.62. The topological polar surface area (TPSA) is 69.6 Å². The van der Waals surface area contributed by atoms with Crippen LogP contribution >= 0.6 is 0 Å². The summed E-state index contributed by atoms with van der Waals surface area (Å²) < 4.78 is 0. The SMILES string of the molecule is Cc1ncnc(C)c1C(=O)N1CC2CN(CCC3(c4ccccc4)CCN(CC=O)CC3)CC2C1. The normalized spacial score (nSPS) is 24.5. The molecule has 0 spiro atoms. The van der Waals surface area contributed by atoms with E-state index in [1.807, 2.05) is 18.7 Å². The molecule has 3 fully saturated rings. The van der Waals surface area contributed by atoms with Gasteiger partial charge < -0.3 is 14.6 Å². The summed E-state index contributed by atoms with van der Waals surface area (Å²) in [5, 5.41) is 0. The van der Waals surface area contributed by atoms with Crippen molar-refractivity contribution in [3.8, 4) is 0 Å². The molecule has 2 atom stereocenters. The predicted molar refractivity (Wildman–Crippen MR) is 135 cm³/mol. The van der Waals surface area contributed by atoms with E-state index in [0.29, 0.717) is 23.9 Å². The maximum atomic E-state index is 13.2. The van der Waals surface area contributed by atoms with Crippen LogP contribution in [-0.2, 0) is 10.2 Å². The lowest BCUT2D eigenvalue weighted by molar-refractivity contribution is -0.109. The Morgan fingerprint density at radius 1 is 0.971 bits per heavy atom. The maximum Gasteiger partial charge on any atom is 0.257 e. The van der Waals surface area contributed by atoms with E-state index >= 15 is 0 Å². The molecule has 3 aliphatic heterocycles. The molecule has 3 aliphatic rings. The van der Waals surface area contributed by atoms with Crippen molar-refractivity contribution in [2.45, 2.75) is 38.5 Å². The molecule has 2 unspecified atom stereocenters. The lowest BCUT2D eigenvalue weighted by Gasteiger charge is -2.43. The first-order valence-electron chi connectivity index (χ1n) is 13.0. The standard InChI is InChI=1S/C28H37N5O2/c1-21-26(22(2)30-20-29-21)27(35)33-18-23-16-32(17-24(23)19-33)13-10-28(25-6-4-3-5-7-25)8-11-31(12-9-28)14-15-34/h3-7,15,20,23-24H,8-14,16-19H2,1-2H3. The smallest absolute Gasteiger partial charge is 0.257 e. The highest BCUT2D eigenvalue weighted by atomic mass is 16.2. The molecule has 7 heteroatoms. The number of fused-ring (bicyclic) bond motifs is 1. The minimum Gasteiger partial charge on any atom is -0.338 e. The second kappa shape index (κ2) is 10.2. The maximum absolute atomic E-state index is 13.2. The van der Waals surface area contributed by atoms with E-state index in [4.69, 9.17) is 0 Å². The molecule has 1 aromatic carbocycles. The number of piperidine rings is 1. The van der Waals surface area contributed by atoms with Gasteiger partial charge in [-0.3, -0.25) is 9.69 Å². The predicted octanol–water partition coefficient (Wildman–Crippen LogP) is 2.72. The molecule has 0 radical (unpaired) electrons. The summed E-state index contributed by atoms with van der Waals surface area (Å²) in [6.45, 7) is 11.2. The molecule has 0 N–H and O–H groups in total. The molecule has 186 valence electrons. The Morgan fingerprint density at radius 2 is 1.60 bits per heavy atom. The van der Waals surface area contributed by atoms with Crippen molar-refractivity contribution < 1.29 is 9.59 Å². The van der Waals surface area contributed by atoms with E-state index < -0.39 is 0 Å². The van der Waals surface area contributed by atoms with Gasteiger partial charge in [-0.15, -0.1) is 0 Å². The Balaban J connectivity index is 1.20. The van der Waals surface area contributed by atoms with Crippen LogP contribution in [0.4, 0.5) is 0 Å². The number of hydrogen-bond donors (Lipinski definition) is 0. The Bertz CT molecular complexity index is 1020. The number of carbonyl (C=O) groups is 2. The van der Waals surface area contributed by atoms with Crippen LogP contribution in [0, 0.1) is 25.7 Å².